The molecule has 1 aliphatic rings. The topological polar surface area (TPSA) is 85.3 Å². The van der Waals surface area contributed by atoms with Crippen molar-refractivity contribution in [3.8, 4) is 11.5 Å². The van der Waals surface area contributed by atoms with Gasteiger partial charge in [-0.05, 0) is 66.2 Å². The second-order valence-electron chi connectivity index (χ2n) is 9.00. The first kappa shape index (κ1) is 30.8. The van der Waals surface area contributed by atoms with E-state index in [1.807, 2.05) is 12.1 Å². The summed E-state index contributed by atoms with van der Waals surface area (Å²) in [5.74, 6) is 0.844. The van der Waals surface area contributed by atoms with Gasteiger partial charge in [-0.3, -0.25) is 9.69 Å². The molecule has 39 heavy (non-hydrogen) atoms. The maximum absolute atomic E-state index is 13.2. The van der Waals surface area contributed by atoms with E-state index >= 15 is 0 Å². The van der Waals surface area contributed by atoms with Gasteiger partial charge in [0.15, 0.2) is 16.7 Å². The summed E-state index contributed by atoms with van der Waals surface area (Å²) >= 11 is 6.88. The number of halogens is 1. The van der Waals surface area contributed by atoms with Gasteiger partial charge in [0.2, 0.25) is 0 Å². The zero-order valence-electron chi connectivity index (χ0n) is 22.4. The summed E-state index contributed by atoms with van der Waals surface area (Å²) in [6, 6.07) is 11.1. The number of carbonyl (C=O) groups is 1. The highest BCUT2D eigenvalue weighted by Crippen LogP contribution is 2.35. The molecule has 0 spiro atoms. The number of hydrogen-bond acceptors (Lipinski definition) is 6. The molecule has 1 heterocycles. The molecule has 7 nitrogen and oxygen atoms in total. The first-order chi connectivity index (χ1) is 18.8. The van der Waals surface area contributed by atoms with Crippen LogP contribution in [-0.2, 0) is 14.8 Å². The van der Waals surface area contributed by atoms with E-state index in [1.165, 1.54) is 67.3 Å². The van der Waals surface area contributed by atoms with Crippen LogP contribution in [0.1, 0.15) is 57.4 Å². The van der Waals surface area contributed by atoms with Crippen LogP contribution in [0.25, 0.3) is 6.08 Å². The zero-order chi connectivity index (χ0) is 28.3. The van der Waals surface area contributed by atoms with E-state index < -0.39 is 10.0 Å². The van der Waals surface area contributed by atoms with E-state index in [-0.39, 0.29) is 22.5 Å². The Morgan fingerprint density at radius 3 is 2.38 bits per heavy atom. The molecule has 0 aliphatic carbocycles. The molecule has 0 atom stereocenters. The van der Waals surface area contributed by atoms with Gasteiger partial charge in [0.25, 0.3) is 15.9 Å². The fourth-order valence-corrected chi connectivity index (χ4v) is 6.23. The molecule has 0 N–H and O–H groups in total. The van der Waals surface area contributed by atoms with E-state index in [2.05, 4.69) is 17.9 Å². The average molecular weight is 591 g/mol. The van der Waals surface area contributed by atoms with Crippen molar-refractivity contribution in [1.29, 1.82) is 0 Å². The Morgan fingerprint density at radius 1 is 1.03 bits per heavy atom. The third-order valence-electron chi connectivity index (χ3n) is 6.00. The van der Waals surface area contributed by atoms with E-state index in [9.17, 15) is 13.2 Å². The van der Waals surface area contributed by atoms with Crippen LogP contribution in [0.2, 0.25) is 5.02 Å². The van der Waals surface area contributed by atoms with Gasteiger partial charge in [0, 0.05) is 11.6 Å². The number of carbonyl (C=O) groups excluding carboxylic acids is 1. The molecule has 0 unspecified atom stereocenters. The molecule has 1 aliphatic heterocycles. The van der Waals surface area contributed by atoms with Crippen molar-refractivity contribution in [2.24, 2.45) is 4.40 Å². The van der Waals surface area contributed by atoms with Crippen molar-refractivity contribution in [2.45, 2.75) is 56.8 Å². The van der Waals surface area contributed by atoms with Crippen molar-refractivity contribution in [2.75, 3.05) is 20.3 Å². The highest BCUT2D eigenvalue weighted by molar-refractivity contribution is 8.19. The molecule has 2 aromatic rings. The molecule has 0 aromatic heterocycles. The van der Waals surface area contributed by atoms with E-state index in [1.54, 1.807) is 19.3 Å². The summed E-state index contributed by atoms with van der Waals surface area (Å²) in [6.07, 6.45) is 11.5. The standard InChI is InChI=1S/C29H35ClN2O5S2/c1-4-6-7-8-9-10-11-19-37-26-20-22(12-17-25(26)36-3)21-27-28(33)32(18-5-2)29(38-27)31-39(34,35)24-15-13-23(30)14-16-24/h5,12-17,20-21H,2,4,6-11,18-19H2,1,3H3/b27-21-,31-29+. The lowest BCUT2D eigenvalue weighted by Gasteiger charge is -2.12. The number of amides is 1. The molecular formula is C29H35ClN2O5S2. The van der Waals surface area contributed by atoms with Crippen molar-refractivity contribution in [3.05, 3.63) is 70.6 Å². The van der Waals surface area contributed by atoms with Gasteiger partial charge in [0.05, 0.1) is 23.5 Å². The van der Waals surface area contributed by atoms with Gasteiger partial charge in [-0.2, -0.15) is 8.42 Å². The van der Waals surface area contributed by atoms with Crippen molar-refractivity contribution < 1.29 is 22.7 Å². The van der Waals surface area contributed by atoms with E-state index in [0.717, 1.165) is 30.2 Å². The van der Waals surface area contributed by atoms with Crippen LogP contribution < -0.4 is 9.47 Å². The summed E-state index contributed by atoms with van der Waals surface area (Å²) in [5.41, 5.74) is 0.724. The van der Waals surface area contributed by atoms with Gasteiger partial charge in [0.1, 0.15) is 0 Å². The fourth-order valence-electron chi connectivity index (χ4n) is 3.92. The molecule has 0 radical (unpaired) electrons. The lowest BCUT2D eigenvalue weighted by atomic mass is 10.1. The minimum Gasteiger partial charge on any atom is -0.493 e. The molecule has 1 saturated heterocycles. The smallest absolute Gasteiger partial charge is 0.284 e. The highest BCUT2D eigenvalue weighted by Gasteiger charge is 2.34. The zero-order valence-corrected chi connectivity index (χ0v) is 24.8. The first-order valence-electron chi connectivity index (χ1n) is 13.0. The Labute approximate surface area is 241 Å². The largest absolute Gasteiger partial charge is 0.493 e. The summed E-state index contributed by atoms with van der Waals surface area (Å²) in [4.78, 5) is 14.8. The molecular weight excluding hydrogens is 556 g/mol. The van der Waals surface area contributed by atoms with Crippen LogP contribution in [0.4, 0.5) is 0 Å². The number of thioether (sulfide) groups is 1. The molecule has 1 amide bonds. The molecule has 3 rings (SSSR count). The summed E-state index contributed by atoms with van der Waals surface area (Å²) in [5, 5.41) is 0.473. The summed E-state index contributed by atoms with van der Waals surface area (Å²) in [6.45, 7) is 6.59. The minimum atomic E-state index is -4.05. The fraction of sp³-hybridized carbons (Fsp3) is 0.379. The van der Waals surface area contributed by atoms with E-state index in [0.29, 0.717) is 28.0 Å². The van der Waals surface area contributed by atoms with Crippen molar-refractivity contribution in [3.63, 3.8) is 0 Å². The number of ether oxygens (including phenoxy) is 2. The lowest BCUT2D eigenvalue weighted by Crippen LogP contribution is -2.29. The Bertz CT molecular complexity index is 1310. The van der Waals surface area contributed by atoms with Crippen molar-refractivity contribution >= 4 is 50.5 Å². The molecule has 2 aromatic carbocycles. The SMILES string of the molecule is C=CCN1C(=O)/C(=C/c2ccc(OC)c(OCCCCCCCCC)c2)S/C1=N/S(=O)(=O)c1ccc(Cl)cc1. The average Bonchev–Trinajstić information content (AvgIpc) is 3.19. The van der Waals surface area contributed by atoms with Crippen LogP contribution >= 0.6 is 23.4 Å². The first-order valence-corrected chi connectivity index (χ1v) is 15.7. The predicted molar refractivity (Wildman–Crippen MR) is 160 cm³/mol. The third-order valence-corrected chi connectivity index (χ3v) is 8.66. The molecule has 210 valence electrons. The van der Waals surface area contributed by atoms with E-state index in [4.69, 9.17) is 21.1 Å². The van der Waals surface area contributed by atoms with Gasteiger partial charge in [-0.25, -0.2) is 0 Å². The quantitative estimate of drug-likeness (QED) is 0.123. The van der Waals surface area contributed by atoms with Gasteiger partial charge in [-0.1, -0.05) is 69.2 Å². The number of methoxy groups -OCH3 is 1. The Morgan fingerprint density at radius 2 is 1.72 bits per heavy atom. The number of rotatable bonds is 15. The van der Waals surface area contributed by atoms with Crippen LogP contribution in [0, 0.1) is 0 Å². The number of benzene rings is 2. The number of unbranched alkanes of at least 4 members (excludes halogenated alkanes) is 6. The van der Waals surface area contributed by atoms with Crippen LogP contribution in [0.3, 0.4) is 0 Å². The Kier molecular flexibility index (Phi) is 12.0. The normalized spacial score (nSPS) is 15.8. The van der Waals surface area contributed by atoms with Gasteiger partial charge in [-0.15, -0.1) is 11.0 Å². The monoisotopic (exact) mass is 590 g/mol. The third kappa shape index (κ3) is 8.88. The van der Waals surface area contributed by atoms with Crippen molar-refractivity contribution in [1.82, 2.24) is 4.90 Å². The van der Waals surface area contributed by atoms with Crippen LogP contribution in [-0.4, -0.2) is 44.7 Å². The van der Waals surface area contributed by atoms with Crippen LogP contribution in [0.5, 0.6) is 11.5 Å². The molecule has 0 saturated carbocycles. The second-order valence-corrected chi connectivity index (χ2v) is 12.0. The molecule has 0 bridgehead atoms. The number of hydrogen-bond donors (Lipinski definition) is 0. The second kappa shape index (κ2) is 15.1. The molecule has 10 heteroatoms. The predicted octanol–water partition coefficient (Wildman–Crippen LogP) is 7.33. The summed E-state index contributed by atoms with van der Waals surface area (Å²) < 4.78 is 41.2. The summed E-state index contributed by atoms with van der Waals surface area (Å²) in [7, 11) is -2.47. The Hall–Kier alpha value is -2.75. The number of sulfonamides is 1. The van der Waals surface area contributed by atoms with Crippen LogP contribution in [0.15, 0.2) is 69.3 Å². The minimum absolute atomic E-state index is 0.0127. The maximum Gasteiger partial charge on any atom is 0.284 e. The number of amidine groups is 1. The lowest BCUT2D eigenvalue weighted by molar-refractivity contribution is -0.121. The molecule has 1 fully saturated rings. The maximum atomic E-state index is 13.2. The van der Waals surface area contributed by atoms with Gasteiger partial charge < -0.3 is 9.47 Å². The number of nitrogens with zero attached hydrogens (tertiary/aromatic N) is 2. The van der Waals surface area contributed by atoms with Gasteiger partial charge >= 0.3 is 0 Å². The Balaban J connectivity index is 1.76. The highest BCUT2D eigenvalue weighted by atomic mass is 35.5.